The largest absolute Gasteiger partial charge is 0.435 e. The zero-order valence-corrected chi connectivity index (χ0v) is 29.5. The molecule has 53 heavy (non-hydrogen) atoms. The third kappa shape index (κ3) is 4.44. The molecule has 0 bridgehead atoms. The van der Waals surface area contributed by atoms with Crippen molar-refractivity contribution in [2.75, 3.05) is 4.90 Å². The van der Waals surface area contributed by atoms with Crippen LogP contribution in [0.25, 0.3) is 77.8 Å². The molecule has 1 heterocycles. The van der Waals surface area contributed by atoms with E-state index in [0.29, 0.717) is 5.89 Å². The van der Waals surface area contributed by atoms with E-state index in [0.717, 1.165) is 50.8 Å². The molecule has 0 aliphatic heterocycles. The van der Waals surface area contributed by atoms with Crippen LogP contribution in [-0.4, -0.2) is 4.98 Å². The van der Waals surface area contributed by atoms with Gasteiger partial charge in [-0.1, -0.05) is 129 Å². The zero-order chi connectivity index (χ0) is 35.3. The molecular weight excluding hydrogens is 645 g/mol. The number of anilines is 3. The highest BCUT2D eigenvalue weighted by atomic mass is 16.4. The van der Waals surface area contributed by atoms with Crippen LogP contribution in [0.15, 0.2) is 174 Å². The van der Waals surface area contributed by atoms with Crippen molar-refractivity contribution in [3.63, 3.8) is 0 Å². The van der Waals surface area contributed by atoms with Gasteiger partial charge in [-0.05, 0) is 104 Å². The monoisotopic (exact) mass is 678 g/mol. The molecule has 1 aromatic heterocycles. The molecule has 0 fully saturated rings. The minimum absolute atomic E-state index is 0.0888. The normalized spacial score (nSPS) is 13.2. The van der Waals surface area contributed by atoms with Crippen LogP contribution in [-0.2, 0) is 5.41 Å². The molecule has 2 aliphatic rings. The van der Waals surface area contributed by atoms with Crippen LogP contribution in [0.1, 0.15) is 25.0 Å². The second kappa shape index (κ2) is 11.1. The summed E-state index contributed by atoms with van der Waals surface area (Å²) in [5, 5.41) is 4.79. The number of fused-ring (bicyclic) bond motifs is 8. The van der Waals surface area contributed by atoms with E-state index < -0.39 is 0 Å². The Hall–Kier alpha value is -6.71. The molecule has 0 N–H and O–H groups in total. The second-order valence-electron chi connectivity index (χ2n) is 14.8. The molecule has 8 aromatic carbocycles. The van der Waals surface area contributed by atoms with Gasteiger partial charge in [0, 0.05) is 44.6 Å². The van der Waals surface area contributed by atoms with Gasteiger partial charge in [0.2, 0.25) is 5.89 Å². The number of nitrogens with zero attached hydrogens (tertiary/aromatic N) is 2. The van der Waals surface area contributed by atoms with Crippen LogP contribution in [0.4, 0.5) is 17.1 Å². The number of para-hydroxylation sites is 1. The lowest BCUT2D eigenvalue weighted by Gasteiger charge is -2.28. The first-order valence-electron chi connectivity index (χ1n) is 18.3. The molecule has 0 radical (unpaired) electrons. The molecule has 0 unspecified atom stereocenters. The first-order valence-corrected chi connectivity index (χ1v) is 18.3. The van der Waals surface area contributed by atoms with Crippen LogP contribution in [0.3, 0.4) is 0 Å². The van der Waals surface area contributed by atoms with Gasteiger partial charge in [-0.15, -0.1) is 0 Å². The topological polar surface area (TPSA) is 29.3 Å². The van der Waals surface area contributed by atoms with E-state index in [9.17, 15) is 0 Å². The van der Waals surface area contributed by atoms with Crippen molar-refractivity contribution < 1.29 is 4.42 Å². The van der Waals surface area contributed by atoms with Gasteiger partial charge in [-0.3, -0.25) is 0 Å². The third-order valence-electron chi connectivity index (χ3n) is 11.4. The summed E-state index contributed by atoms with van der Waals surface area (Å²) in [5.74, 6) is 1.49. The summed E-state index contributed by atoms with van der Waals surface area (Å²) in [6.45, 7) is 4.69. The van der Waals surface area contributed by atoms with Gasteiger partial charge in [0.1, 0.15) is 5.69 Å². The number of oxazole rings is 1. The average molecular weight is 679 g/mol. The number of hydrogen-bond donors (Lipinski definition) is 0. The predicted molar refractivity (Wildman–Crippen MR) is 219 cm³/mol. The lowest BCUT2D eigenvalue weighted by Crippen LogP contribution is -2.16. The first kappa shape index (κ1) is 30.0. The minimum atomic E-state index is -0.0888. The van der Waals surface area contributed by atoms with Crippen LogP contribution < -0.4 is 4.90 Å². The summed E-state index contributed by atoms with van der Waals surface area (Å²) in [6, 6.07) is 61.2. The summed E-state index contributed by atoms with van der Waals surface area (Å²) < 4.78 is 6.64. The minimum Gasteiger partial charge on any atom is -0.435 e. The number of aromatic nitrogens is 1. The zero-order valence-electron chi connectivity index (χ0n) is 29.5. The lowest BCUT2D eigenvalue weighted by molar-refractivity contribution is 0.590. The number of rotatable bonds is 5. The van der Waals surface area contributed by atoms with Gasteiger partial charge in [-0.2, -0.15) is 0 Å². The molecule has 2 aliphatic carbocycles. The summed E-state index contributed by atoms with van der Waals surface area (Å²) >= 11 is 0. The van der Waals surface area contributed by atoms with Gasteiger partial charge < -0.3 is 9.32 Å². The van der Waals surface area contributed by atoms with Gasteiger partial charge >= 0.3 is 0 Å². The van der Waals surface area contributed by atoms with E-state index in [1.54, 1.807) is 0 Å². The fourth-order valence-electron chi connectivity index (χ4n) is 8.84. The van der Waals surface area contributed by atoms with Crippen molar-refractivity contribution in [2.24, 2.45) is 0 Å². The van der Waals surface area contributed by atoms with E-state index in [1.807, 2.05) is 6.07 Å². The third-order valence-corrected chi connectivity index (χ3v) is 11.4. The molecule has 250 valence electrons. The highest BCUT2D eigenvalue weighted by Crippen LogP contribution is 2.53. The maximum Gasteiger partial charge on any atom is 0.227 e. The summed E-state index contributed by atoms with van der Waals surface area (Å²) in [5.41, 5.74) is 15.1. The van der Waals surface area contributed by atoms with E-state index in [1.165, 1.54) is 49.4 Å². The van der Waals surface area contributed by atoms with Crippen LogP contribution in [0.2, 0.25) is 0 Å². The molecule has 9 aromatic rings. The highest BCUT2D eigenvalue weighted by molar-refractivity contribution is 6.22. The van der Waals surface area contributed by atoms with Gasteiger partial charge in [0.25, 0.3) is 0 Å². The maximum atomic E-state index is 6.64. The van der Waals surface area contributed by atoms with E-state index in [4.69, 9.17) is 9.40 Å². The lowest BCUT2D eigenvalue weighted by atomic mass is 9.82. The van der Waals surface area contributed by atoms with Crippen molar-refractivity contribution in [3.05, 3.63) is 181 Å². The predicted octanol–water partition coefficient (Wildman–Crippen LogP) is 13.7. The average Bonchev–Trinajstić information content (AvgIpc) is 3.85. The van der Waals surface area contributed by atoms with Crippen LogP contribution in [0.5, 0.6) is 0 Å². The molecule has 3 heteroatoms. The standard InChI is InChI=1S/C50H34N2O/c1-50(2)44-22-10-9-19-38(44)39-26-25-37(30-45(39)50)52(35-17-7-4-8-18-35)36-24-23-33-28-43-46-40(42(33)29-36)20-12-21-41(46)48-47(43)51-49(53-48)34-16-11-15-32(27-34)31-13-5-3-6-14-31/h3-30H,1-2H3. The Balaban J connectivity index is 1.04. The second-order valence-corrected chi connectivity index (χ2v) is 14.8. The highest BCUT2D eigenvalue weighted by Gasteiger charge is 2.36. The fourth-order valence-corrected chi connectivity index (χ4v) is 8.84. The summed E-state index contributed by atoms with van der Waals surface area (Å²) in [6.07, 6.45) is 0. The van der Waals surface area contributed by atoms with E-state index in [-0.39, 0.29) is 5.41 Å². The number of benzene rings is 8. The maximum absolute atomic E-state index is 6.64. The molecule has 11 rings (SSSR count). The molecule has 0 saturated heterocycles. The fraction of sp³-hybridized carbons (Fsp3) is 0.0600. The SMILES string of the molecule is CC1(C)c2ccccc2-c2ccc(N(c3ccccc3)c3ccc4cc5c6c(cccc6c4c3)-c3oc(-c4cccc(-c6ccccc6)c4)nc3-5)cc21. The molecule has 3 nitrogen and oxygen atoms in total. The molecule has 0 amide bonds. The van der Waals surface area contributed by atoms with Crippen LogP contribution in [0, 0.1) is 0 Å². The van der Waals surface area contributed by atoms with Crippen molar-refractivity contribution in [1.29, 1.82) is 0 Å². The van der Waals surface area contributed by atoms with Crippen molar-refractivity contribution in [1.82, 2.24) is 4.98 Å². The van der Waals surface area contributed by atoms with E-state index in [2.05, 4.69) is 183 Å². The summed E-state index contributed by atoms with van der Waals surface area (Å²) in [7, 11) is 0. The van der Waals surface area contributed by atoms with Gasteiger partial charge in [-0.25, -0.2) is 4.98 Å². The van der Waals surface area contributed by atoms with Crippen LogP contribution >= 0.6 is 0 Å². The first-order chi connectivity index (χ1) is 26.0. The Kier molecular flexibility index (Phi) is 6.30. The Labute approximate surface area is 308 Å². The number of hydrogen-bond acceptors (Lipinski definition) is 3. The van der Waals surface area contributed by atoms with Gasteiger partial charge in [0.05, 0.1) is 0 Å². The smallest absolute Gasteiger partial charge is 0.227 e. The Morgan fingerprint density at radius 2 is 1.15 bits per heavy atom. The van der Waals surface area contributed by atoms with Crippen molar-refractivity contribution in [3.8, 4) is 56.3 Å². The molecule has 0 atom stereocenters. The quantitative estimate of drug-likeness (QED) is 0.170. The Bertz CT molecular complexity index is 2920. The summed E-state index contributed by atoms with van der Waals surface area (Å²) in [4.78, 5) is 7.54. The van der Waals surface area contributed by atoms with Crippen molar-refractivity contribution >= 4 is 38.6 Å². The Morgan fingerprint density at radius 3 is 2.02 bits per heavy atom. The molecular formula is C50H34N2O. The van der Waals surface area contributed by atoms with Crippen molar-refractivity contribution in [2.45, 2.75) is 19.3 Å². The van der Waals surface area contributed by atoms with E-state index >= 15 is 0 Å². The molecule has 0 spiro atoms. The molecule has 0 saturated carbocycles. The van der Waals surface area contributed by atoms with Gasteiger partial charge in [0.15, 0.2) is 5.76 Å². The Morgan fingerprint density at radius 1 is 0.472 bits per heavy atom.